The Morgan fingerprint density at radius 1 is 1.29 bits per heavy atom. The highest BCUT2D eigenvalue weighted by molar-refractivity contribution is 5.97. The molecule has 6 heteroatoms. The fraction of sp³-hybridized carbons (Fsp3) is 0.333. The minimum Gasteiger partial charge on any atom is -0.493 e. The zero-order valence-electron chi connectivity index (χ0n) is 12.3. The van der Waals surface area contributed by atoms with Crippen LogP contribution in [0.15, 0.2) is 22.7 Å². The van der Waals surface area contributed by atoms with Crippen molar-refractivity contribution in [2.75, 3.05) is 14.2 Å². The van der Waals surface area contributed by atoms with E-state index in [1.165, 1.54) is 14.2 Å². The lowest BCUT2D eigenvalue weighted by atomic mass is 10.0. The summed E-state index contributed by atoms with van der Waals surface area (Å²) in [5.41, 5.74) is 0.809. The molecule has 1 heterocycles. The van der Waals surface area contributed by atoms with Gasteiger partial charge in [-0.2, -0.15) is 0 Å². The topological polar surface area (TPSA) is 81.8 Å². The molecule has 1 aromatic heterocycles. The number of aromatic carboxylic acids is 1. The Balaban J connectivity index is 2.71. The number of carboxylic acid groups (broad SMARTS) is 1. The van der Waals surface area contributed by atoms with Crippen LogP contribution in [0.2, 0.25) is 0 Å². The minimum absolute atomic E-state index is 0.0524. The maximum Gasteiger partial charge on any atom is 0.341 e. The molecule has 2 aromatic rings. The van der Waals surface area contributed by atoms with E-state index in [2.05, 4.69) is 5.16 Å². The molecule has 0 atom stereocenters. The molecule has 1 aromatic carbocycles. The van der Waals surface area contributed by atoms with Gasteiger partial charge in [0, 0.05) is 5.92 Å². The molecule has 1 N–H and O–H groups in total. The van der Waals surface area contributed by atoms with Gasteiger partial charge in [0.15, 0.2) is 17.3 Å². The first-order valence-electron chi connectivity index (χ1n) is 6.45. The van der Waals surface area contributed by atoms with Crippen LogP contribution in [-0.4, -0.2) is 30.5 Å². The maximum atomic E-state index is 11.6. The van der Waals surface area contributed by atoms with Crippen molar-refractivity contribution < 1.29 is 23.9 Å². The average molecular weight is 291 g/mol. The summed E-state index contributed by atoms with van der Waals surface area (Å²) in [7, 11) is 3.01. The summed E-state index contributed by atoms with van der Waals surface area (Å²) in [6, 6.07) is 5.19. The monoisotopic (exact) mass is 291 g/mol. The lowest BCUT2D eigenvalue weighted by Gasteiger charge is -2.11. The van der Waals surface area contributed by atoms with E-state index in [-0.39, 0.29) is 17.2 Å². The number of ether oxygens (including phenoxy) is 2. The van der Waals surface area contributed by atoms with Gasteiger partial charge in [-0.25, -0.2) is 4.79 Å². The first-order valence-corrected chi connectivity index (χ1v) is 6.45. The van der Waals surface area contributed by atoms with Crippen molar-refractivity contribution in [2.45, 2.75) is 19.8 Å². The van der Waals surface area contributed by atoms with Gasteiger partial charge in [-0.05, 0) is 12.1 Å². The molecular formula is C15H17NO5. The third-order valence-electron chi connectivity index (χ3n) is 3.11. The largest absolute Gasteiger partial charge is 0.493 e. The second kappa shape index (κ2) is 5.87. The van der Waals surface area contributed by atoms with Gasteiger partial charge < -0.3 is 19.1 Å². The number of para-hydroxylation sites is 1. The third kappa shape index (κ3) is 2.56. The Kier molecular flexibility index (Phi) is 4.16. The Morgan fingerprint density at radius 3 is 2.52 bits per heavy atom. The van der Waals surface area contributed by atoms with Crippen LogP contribution in [-0.2, 0) is 0 Å². The SMILES string of the molecule is COc1cccc(-c2noc(C(C)C)c2C(=O)O)c1OC. The highest BCUT2D eigenvalue weighted by Gasteiger charge is 2.27. The molecule has 6 nitrogen and oxygen atoms in total. The normalized spacial score (nSPS) is 10.7. The van der Waals surface area contributed by atoms with E-state index in [4.69, 9.17) is 14.0 Å². The van der Waals surface area contributed by atoms with Gasteiger partial charge in [0.25, 0.3) is 0 Å². The molecule has 0 amide bonds. The van der Waals surface area contributed by atoms with Crippen molar-refractivity contribution in [1.29, 1.82) is 0 Å². The highest BCUT2D eigenvalue weighted by Crippen LogP contribution is 2.40. The van der Waals surface area contributed by atoms with Crippen molar-refractivity contribution >= 4 is 5.97 Å². The quantitative estimate of drug-likeness (QED) is 0.911. The van der Waals surface area contributed by atoms with Crippen LogP contribution >= 0.6 is 0 Å². The van der Waals surface area contributed by atoms with Crippen LogP contribution < -0.4 is 9.47 Å². The van der Waals surface area contributed by atoms with E-state index in [0.717, 1.165) is 0 Å². The van der Waals surface area contributed by atoms with Crippen molar-refractivity contribution in [3.63, 3.8) is 0 Å². The Hall–Kier alpha value is -2.50. The van der Waals surface area contributed by atoms with Gasteiger partial charge >= 0.3 is 5.97 Å². The molecule has 21 heavy (non-hydrogen) atoms. The summed E-state index contributed by atoms with van der Waals surface area (Å²) in [4.78, 5) is 11.6. The van der Waals surface area contributed by atoms with Crippen LogP contribution in [0.1, 0.15) is 35.9 Å². The molecule has 0 saturated heterocycles. The van der Waals surface area contributed by atoms with Crippen molar-refractivity contribution in [2.24, 2.45) is 0 Å². The molecule has 0 bridgehead atoms. The summed E-state index contributed by atoms with van der Waals surface area (Å²) in [6.07, 6.45) is 0. The molecule has 2 rings (SSSR count). The number of benzene rings is 1. The van der Waals surface area contributed by atoms with Crippen molar-refractivity contribution in [1.82, 2.24) is 5.16 Å². The summed E-state index contributed by atoms with van der Waals surface area (Å²) in [5.74, 6) is 0.0858. The van der Waals surface area contributed by atoms with Crippen molar-refractivity contribution in [3.05, 3.63) is 29.5 Å². The Bertz CT molecular complexity index is 660. The molecule has 0 aliphatic carbocycles. The van der Waals surface area contributed by atoms with Gasteiger partial charge in [-0.15, -0.1) is 0 Å². The molecular weight excluding hydrogens is 274 g/mol. The van der Waals surface area contributed by atoms with E-state index in [0.29, 0.717) is 22.8 Å². The molecule has 0 spiro atoms. The lowest BCUT2D eigenvalue weighted by molar-refractivity contribution is 0.0694. The molecule has 0 radical (unpaired) electrons. The number of hydrogen-bond donors (Lipinski definition) is 1. The Labute approximate surface area is 122 Å². The molecule has 112 valence electrons. The van der Waals surface area contributed by atoms with Crippen LogP contribution in [0.3, 0.4) is 0 Å². The highest BCUT2D eigenvalue weighted by atomic mass is 16.5. The predicted octanol–water partition coefficient (Wildman–Crippen LogP) is 3.18. The zero-order chi connectivity index (χ0) is 15.6. The van der Waals surface area contributed by atoms with Crippen LogP contribution in [0.5, 0.6) is 11.5 Å². The Morgan fingerprint density at radius 2 is 2.00 bits per heavy atom. The van der Waals surface area contributed by atoms with E-state index in [1.54, 1.807) is 18.2 Å². The van der Waals surface area contributed by atoms with E-state index >= 15 is 0 Å². The van der Waals surface area contributed by atoms with Gasteiger partial charge in [-0.1, -0.05) is 25.1 Å². The summed E-state index contributed by atoms with van der Waals surface area (Å²) < 4.78 is 15.8. The predicted molar refractivity (Wildman–Crippen MR) is 76.1 cm³/mol. The lowest BCUT2D eigenvalue weighted by Crippen LogP contribution is -2.03. The first kappa shape index (κ1) is 14.9. The number of carbonyl (C=O) groups is 1. The van der Waals surface area contributed by atoms with Crippen LogP contribution in [0, 0.1) is 0 Å². The smallest absolute Gasteiger partial charge is 0.341 e. The van der Waals surface area contributed by atoms with E-state index < -0.39 is 5.97 Å². The molecule has 0 aliphatic heterocycles. The third-order valence-corrected chi connectivity index (χ3v) is 3.11. The van der Waals surface area contributed by atoms with Gasteiger partial charge in [0.1, 0.15) is 11.3 Å². The van der Waals surface area contributed by atoms with E-state index in [9.17, 15) is 9.90 Å². The van der Waals surface area contributed by atoms with Crippen LogP contribution in [0.4, 0.5) is 0 Å². The number of rotatable bonds is 5. The maximum absolute atomic E-state index is 11.6. The summed E-state index contributed by atoms with van der Waals surface area (Å²) in [6.45, 7) is 3.69. The number of methoxy groups -OCH3 is 2. The number of hydrogen-bond acceptors (Lipinski definition) is 5. The number of carboxylic acids is 1. The summed E-state index contributed by atoms with van der Waals surface area (Å²) in [5, 5.41) is 13.4. The van der Waals surface area contributed by atoms with Gasteiger partial charge in [0.05, 0.1) is 19.8 Å². The number of nitrogens with zero attached hydrogens (tertiary/aromatic N) is 1. The first-order chi connectivity index (χ1) is 10.0. The van der Waals surface area contributed by atoms with Crippen molar-refractivity contribution in [3.8, 4) is 22.8 Å². The molecule has 0 saturated carbocycles. The second-order valence-electron chi connectivity index (χ2n) is 4.77. The van der Waals surface area contributed by atoms with Gasteiger partial charge in [-0.3, -0.25) is 0 Å². The fourth-order valence-electron chi connectivity index (χ4n) is 2.16. The standard InChI is InChI=1S/C15H17NO5/c1-8(2)13-11(15(17)18)12(16-21-13)9-6-5-7-10(19-3)14(9)20-4/h5-8H,1-4H3,(H,17,18). The molecule has 0 aliphatic rings. The second-order valence-corrected chi connectivity index (χ2v) is 4.77. The number of aromatic nitrogens is 1. The molecule has 0 fully saturated rings. The average Bonchev–Trinajstić information content (AvgIpc) is 2.91. The minimum atomic E-state index is -1.08. The van der Waals surface area contributed by atoms with Crippen LogP contribution in [0.25, 0.3) is 11.3 Å². The summed E-state index contributed by atoms with van der Waals surface area (Å²) >= 11 is 0. The molecule has 0 unspecified atom stereocenters. The van der Waals surface area contributed by atoms with E-state index in [1.807, 2.05) is 13.8 Å². The van der Waals surface area contributed by atoms with Gasteiger partial charge in [0.2, 0.25) is 0 Å². The fourth-order valence-corrected chi connectivity index (χ4v) is 2.16. The zero-order valence-corrected chi connectivity index (χ0v) is 12.3.